The van der Waals surface area contributed by atoms with Crippen molar-refractivity contribution in [3.05, 3.63) is 65.2 Å². The Morgan fingerprint density at radius 1 is 1.21 bits per heavy atom. The number of hydrogen-bond acceptors (Lipinski definition) is 3. The Labute approximate surface area is 167 Å². The minimum atomic E-state index is -4.46. The van der Waals surface area contributed by atoms with Crippen LogP contribution in [0.4, 0.5) is 18.9 Å². The Kier molecular flexibility index (Phi) is 6.53. The van der Waals surface area contributed by atoms with Gasteiger partial charge in [-0.05, 0) is 50.1 Å². The summed E-state index contributed by atoms with van der Waals surface area (Å²) >= 11 is 0. The van der Waals surface area contributed by atoms with Crippen LogP contribution in [0.15, 0.2) is 53.5 Å². The molecule has 1 saturated heterocycles. The van der Waals surface area contributed by atoms with E-state index in [9.17, 15) is 18.0 Å². The van der Waals surface area contributed by atoms with Crippen molar-refractivity contribution in [1.82, 2.24) is 5.32 Å². The molecule has 1 atom stereocenters. The zero-order chi connectivity index (χ0) is 20.9. The summed E-state index contributed by atoms with van der Waals surface area (Å²) in [6, 6.07) is 11.7. The summed E-state index contributed by atoms with van der Waals surface area (Å²) in [5, 5.41) is 5.45. The third-order valence-electron chi connectivity index (χ3n) is 4.44. The van der Waals surface area contributed by atoms with Gasteiger partial charge in [-0.15, -0.1) is 0 Å². The lowest BCUT2D eigenvalue weighted by molar-refractivity contribution is -0.137. The number of alkyl halides is 3. The summed E-state index contributed by atoms with van der Waals surface area (Å²) in [6.45, 7) is 2.83. The Morgan fingerprint density at radius 2 is 2.00 bits per heavy atom. The van der Waals surface area contributed by atoms with Crippen LogP contribution in [0.5, 0.6) is 0 Å². The van der Waals surface area contributed by atoms with Crippen LogP contribution in [-0.4, -0.2) is 31.1 Å². The van der Waals surface area contributed by atoms with E-state index < -0.39 is 17.6 Å². The van der Waals surface area contributed by atoms with E-state index >= 15 is 0 Å². The molecule has 154 valence electrons. The molecular weight excluding hydrogens is 383 g/mol. The van der Waals surface area contributed by atoms with Crippen molar-refractivity contribution in [2.75, 3.05) is 18.5 Å². The second-order valence-corrected chi connectivity index (χ2v) is 6.85. The summed E-state index contributed by atoms with van der Waals surface area (Å²) in [6.07, 6.45) is -2.74. The highest BCUT2D eigenvalue weighted by molar-refractivity contribution is 6.10. The number of anilines is 1. The fraction of sp³-hybridized carbons (Fsp3) is 0.333. The second kappa shape index (κ2) is 9.09. The molecule has 3 rings (SSSR count). The van der Waals surface area contributed by atoms with E-state index in [4.69, 9.17) is 4.74 Å². The molecule has 2 N–H and O–H groups in total. The highest BCUT2D eigenvalue weighted by atomic mass is 19.4. The molecule has 8 heteroatoms. The third-order valence-corrected chi connectivity index (χ3v) is 4.44. The summed E-state index contributed by atoms with van der Waals surface area (Å²) < 4.78 is 44.5. The molecule has 1 aliphatic heterocycles. The van der Waals surface area contributed by atoms with Crippen molar-refractivity contribution in [1.29, 1.82) is 0 Å². The molecule has 1 amide bonds. The van der Waals surface area contributed by atoms with Crippen LogP contribution < -0.4 is 10.6 Å². The van der Waals surface area contributed by atoms with E-state index in [1.54, 1.807) is 18.2 Å². The van der Waals surface area contributed by atoms with Crippen LogP contribution in [-0.2, 0) is 10.9 Å². The lowest BCUT2D eigenvalue weighted by Gasteiger charge is -2.15. The lowest BCUT2D eigenvalue weighted by atomic mass is 10.1. The predicted molar refractivity (Wildman–Crippen MR) is 105 cm³/mol. The van der Waals surface area contributed by atoms with E-state index in [1.165, 1.54) is 12.1 Å². The highest BCUT2D eigenvalue weighted by Crippen LogP contribution is 2.30. The number of hydrogen-bond donors (Lipinski definition) is 2. The Hall–Kier alpha value is -2.87. The molecule has 1 heterocycles. The smallest absolute Gasteiger partial charge is 0.376 e. The Morgan fingerprint density at radius 3 is 2.69 bits per heavy atom. The largest absolute Gasteiger partial charge is 0.416 e. The number of carbonyl (C=O) groups excluding carboxylic acids is 1. The summed E-state index contributed by atoms with van der Waals surface area (Å²) in [7, 11) is 0. The quantitative estimate of drug-likeness (QED) is 0.586. The molecule has 2 aromatic carbocycles. The number of guanidine groups is 1. The summed E-state index contributed by atoms with van der Waals surface area (Å²) in [4.78, 5) is 16.9. The topological polar surface area (TPSA) is 62.7 Å². The first kappa shape index (κ1) is 20.9. The third kappa shape index (κ3) is 6.05. The number of aryl methyl sites for hydroxylation is 1. The molecule has 2 aromatic rings. The molecule has 0 saturated carbocycles. The number of nitrogens with one attached hydrogen (secondary N) is 2. The maximum Gasteiger partial charge on any atom is 0.416 e. The SMILES string of the molecule is Cc1cccc(C(=O)NC(=NCC2CCCO2)Nc2cccc(C(F)(F)F)c2)c1. The van der Waals surface area contributed by atoms with Crippen molar-refractivity contribution in [3.63, 3.8) is 0 Å². The van der Waals surface area contributed by atoms with E-state index in [-0.39, 0.29) is 17.8 Å². The first-order valence-corrected chi connectivity index (χ1v) is 9.29. The fourth-order valence-corrected chi connectivity index (χ4v) is 2.97. The molecule has 0 spiro atoms. The lowest BCUT2D eigenvalue weighted by Crippen LogP contribution is -2.36. The minimum absolute atomic E-state index is 0.0656. The zero-order valence-electron chi connectivity index (χ0n) is 15.9. The molecule has 5 nitrogen and oxygen atoms in total. The van der Waals surface area contributed by atoms with Gasteiger partial charge >= 0.3 is 6.18 Å². The number of carbonyl (C=O) groups is 1. The van der Waals surface area contributed by atoms with Crippen molar-refractivity contribution in [3.8, 4) is 0 Å². The van der Waals surface area contributed by atoms with Gasteiger partial charge in [-0.1, -0.05) is 23.8 Å². The van der Waals surface area contributed by atoms with Crippen molar-refractivity contribution >= 4 is 17.6 Å². The molecule has 1 unspecified atom stereocenters. The number of amides is 1. The number of rotatable bonds is 4. The van der Waals surface area contributed by atoms with E-state index in [0.717, 1.165) is 30.5 Å². The first-order chi connectivity index (χ1) is 13.8. The van der Waals surface area contributed by atoms with E-state index in [1.807, 2.05) is 13.0 Å². The maximum atomic E-state index is 13.0. The summed E-state index contributed by atoms with van der Waals surface area (Å²) in [5.41, 5.74) is 0.739. The monoisotopic (exact) mass is 405 g/mol. The van der Waals surface area contributed by atoms with Crippen LogP contribution in [0.1, 0.15) is 34.3 Å². The van der Waals surface area contributed by atoms with Crippen LogP contribution in [0.25, 0.3) is 0 Å². The molecule has 0 radical (unpaired) electrons. The van der Waals surface area contributed by atoms with Gasteiger partial charge in [0.1, 0.15) is 0 Å². The molecule has 0 aromatic heterocycles. The van der Waals surface area contributed by atoms with E-state index in [2.05, 4.69) is 15.6 Å². The van der Waals surface area contributed by atoms with Crippen molar-refractivity contribution < 1.29 is 22.7 Å². The molecular formula is C21H22F3N3O2. The number of halogens is 3. The van der Waals surface area contributed by atoms with Gasteiger partial charge < -0.3 is 10.1 Å². The average molecular weight is 405 g/mol. The maximum absolute atomic E-state index is 13.0. The van der Waals surface area contributed by atoms with Gasteiger partial charge in [-0.2, -0.15) is 13.2 Å². The normalized spacial score (nSPS) is 17.2. The fourth-order valence-electron chi connectivity index (χ4n) is 2.97. The van der Waals surface area contributed by atoms with Gasteiger partial charge in [0.25, 0.3) is 5.91 Å². The minimum Gasteiger partial charge on any atom is -0.376 e. The van der Waals surface area contributed by atoms with Crippen molar-refractivity contribution in [2.45, 2.75) is 32.0 Å². The molecule has 29 heavy (non-hydrogen) atoms. The van der Waals surface area contributed by atoms with Crippen molar-refractivity contribution in [2.24, 2.45) is 4.99 Å². The molecule has 1 fully saturated rings. The molecule has 0 aliphatic carbocycles. The average Bonchev–Trinajstić information content (AvgIpc) is 3.19. The molecule has 0 bridgehead atoms. The number of benzene rings is 2. The van der Waals surface area contributed by atoms with Crippen LogP contribution in [0.2, 0.25) is 0 Å². The molecule has 1 aliphatic rings. The van der Waals surface area contributed by atoms with E-state index in [0.29, 0.717) is 18.7 Å². The highest BCUT2D eigenvalue weighted by Gasteiger charge is 2.30. The number of aliphatic imine (C=N–C) groups is 1. The first-order valence-electron chi connectivity index (χ1n) is 9.29. The number of ether oxygens (including phenoxy) is 1. The Balaban J connectivity index is 1.79. The van der Waals surface area contributed by atoms with Gasteiger partial charge in [-0.3, -0.25) is 10.1 Å². The number of nitrogens with zero attached hydrogens (tertiary/aromatic N) is 1. The van der Waals surface area contributed by atoms with Gasteiger partial charge in [0.2, 0.25) is 5.96 Å². The van der Waals surface area contributed by atoms with Gasteiger partial charge in [0.15, 0.2) is 0 Å². The van der Waals surface area contributed by atoms with Crippen LogP contribution in [0, 0.1) is 6.92 Å². The summed E-state index contributed by atoms with van der Waals surface area (Å²) in [5.74, 6) is -0.328. The van der Waals surface area contributed by atoms with Gasteiger partial charge in [0.05, 0.1) is 18.2 Å². The van der Waals surface area contributed by atoms with Gasteiger partial charge in [-0.25, -0.2) is 4.99 Å². The standard InChI is InChI=1S/C21H22F3N3O2/c1-14-5-2-6-15(11-14)19(28)27-20(25-13-18-9-4-10-29-18)26-17-8-3-7-16(12-17)21(22,23)24/h2-3,5-8,11-12,18H,4,9-10,13H2,1H3,(H2,25,26,27,28). The van der Waals surface area contributed by atoms with Crippen LogP contribution >= 0.6 is 0 Å². The predicted octanol–water partition coefficient (Wildman–Crippen LogP) is 4.39. The zero-order valence-corrected chi connectivity index (χ0v) is 15.9. The van der Waals surface area contributed by atoms with Crippen LogP contribution in [0.3, 0.4) is 0 Å². The second-order valence-electron chi connectivity index (χ2n) is 6.85. The Bertz CT molecular complexity index is 891. The van der Waals surface area contributed by atoms with Gasteiger partial charge in [0, 0.05) is 17.9 Å².